The summed E-state index contributed by atoms with van der Waals surface area (Å²) in [6.45, 7) is 3.40. The molecule has 0 unspecified atom stereocenters. The minimum atomic E-state index is -0.501. The highest BCUT2D eigenvalue weighted by Gasteiger charge is 2.22. The van der Waals surface area contributed by atoms with E-state index >= 15 is 0 Å². The van der Waals surface area contributed by atoms with Crippen LogP contribution in [0, 0.1) is 16.2 Å². The Bertz CT molecular complexity index is 978. The number of piperazine rings is 1. The molecule has 2 aromatic rings. The predicted molar refractivity (Wildman–Crippen MR) is 110 cm³/mol. The first-order valence-corrected chi connectivity index (χ1v) is 9.14. The first kappa shape index (κ1) is 20.1. The van der Waals surface area contributed by atoms with Crippen molar-refractivity contribution in [3.63, 3.8) is 0 Å². The number of carbonyl (C=O) groups is 2. The average molecular weight is 393 g/mol. The molecular weight excluding hydrogens is 372 g/mol. The van der Waals surface area contributed by atoms with Crippen LogP contribution < -0.4 is 5.73 Å². The van der Waals surface area contributed by atoms with E-state index in [9.17, 15) is 19.7 Å². The van der Waals surface area contributed by atoms with E-state index in [0.29, 0.717) is 48.6 Å². The van der Waals surface area contributed by atoms with Crippen LogP contribution in [0.25, 0.3) is 17.2 Å². The summed E-state index contributed by atoms with van der Waals surface area (Å²) in [6.07, 6.45) is 2.97. The number of nitrogens with two attached hydrogens (primary N) is 1. The minimum Gasteiger partial charge on any atom is -0.399 e. The highest BCUT2D eigenvalue weighted by Crippen LogP contribution is 2.34. The number of nitrogens with zero attached hydrogens (tertiary/aromatic N) is 3. The van der Waals surface area contributed by atoms with E-state index in [1.54, 1.807) is 46.2 Å². The van der Waals surface area contributed by atoms with Crippen molar-refractivity contribution in [3.8, 4) is 11.1 Å². The smallest absolute Gasteiger partial charge is 0.285 e. The van der Waals surface area contributed by atoms with Crippen LogP contribution in [0.3, 0.4) is 0 Å². The maximum absolute atomic E-state index is 12.5. The summed E-state index contributed by atoms with van der Waals surface area (Å²) >= 11 is 0. The van der Waals surface area contributed by atoms with E-state index in [2.05, 4.69) is 6.07 Å². The molecule has 2 aromatic carbocycles. The van der Waals surface area contributed by atoms with Crippen molar-refractivity contribution in [2.24, 2.45) is 0 Å². The molecule has 1 aliphatic heterocycles. The number of nitro groups is 1. The van der Waals surface area contributed by atoms with Crippen LogP contribution in [0.5, 0.6) is 0 Å². The van der Waals surface area contributed by atoms with Gasteiger partial charge < -0.3 is 15.5 Å². The molecular formula is C21H21N4O4. The Morgan fingerprint density at radius 1 is 1.17 bits per heavy atom. The molecule has 1 radical (unpaired) electrons. The summed E-state index contributed by atoms with van der Waals surface area (Å²) in [6, 6.07) is 12.6. The van der Waals surface area contributed by atoms with Crippen molar-refractivity contribution >= 4 is 29.3 Å². The lowest BCUT2D eigenvalue weighted by atomic mass is 9.97. The fraction of sp³-hybridized carbons (Fsp3) is 0.238. The molecule has 8 heteroatoms. The quantitative estimate of drug-likeness (QED) is 0.371. The Kier molecular flexibility index (Phi) is 5.92. The molecule has 2 N–H and O–H groups in total. The Labute approximate surface area is 168 Å². The Morgan fingerprint density at radius 2 is 1.86 bits per heavy atom. The van der Waals surface area contributed by atoms with E-state index in [1.807, 2.05) is 0 Å². The number of hydrogen-bond donors (Lipinski definition) is 1. The third kappa shape index (κ3) is 4.60. The fourth-order valence-corrected chi connectivity index (χ4v) is 3.29. The third-order valence-corrected chi connectivity index (χ3v) is 4.81. The van der Waals surface area contributed by atoms with Gasteiger partial charge in [0.1, 0.15) is 0 Å². The van der Waals surface area contributed by atoms with Crippen LogP contribution in [0.15, 0.2) is 42.5 Å². The first-order valence-electron chi connectivity index (χ1n) is 9.14. The van der Waals surface area contributed by atoms with E-state index in [-0.39, 0.29) is 17.5 Å². The number of hydrogen-bond acceptors (Lipinski definition) is 5. The molecule has 0 bridgehead atoms. The molecule has 0 saturated carbocycles. The molecule has 1 fully saturated rings. The second kappa shape index (κ2) is 8.55. The molecule has 0 spiro atoms. The van der Waals surface area contributed by atoms with Crippen molar-refractivity contribution in [1.29, 1.82) is 0 Å². The van der Waals surface area contributed by atoms with Gasteiger partial charge in [-0.3, -0.25) is 19.7 Å². The lowest BCUT2D eigenvalue weighted by molar-refractivity contribution is -0.384. The van der Waals surface area contributed by atoms with Gasteiger partial charge in [-0.1, -0.05) is 18.2 Å². The number of nitro benzene ring substituents is 1. The molecule has 2 amide bonds. The highest BCUT2D eigenvalue weighted by atomic mass is 16.6. The van der Waals surface area contributed by atoms with Crippen molar-refractivity contribution in [1.82, 2.24) is 9.80 Å². The maximum atomic E-state index is 12.5. The Hall–Kier alpha value is -3.68. The van der Waals surface area contributed by atoms with Crippen molar-refractivity contribution in [2.75, 3.05) is 31.9 Å². The van der Waals surface area contributed by atoms with Crippen LogP contribution in [0.2, 0.25) is 0 Å². The maximum Gasteiger partial charge on any atom is 0.285 e. The van der Waals surface area contributed by atoms with E-state index in [0.717, 1.165) is 0 Å². The van der Waals surface area contributed by atoms with Gasteiger partial charge in [-0.25, -0.2) is 0 Å². The van der Waals surface area contributed by atoms with Gasteiger partial charge in [0, 0.05) is 44.9 Å². The van der Waals surface area contributed by atoms with Gasteiger partial charge in [-0.2, -0.15) is 0 Å². The average Bonchev–Trinajstić information content (AvgIpc) is 2.71. The van der Waals surface area contributed by atoms with Gasteiger partial charge in [0.25, 0.3) is 5.69 Å². The summed E-state index contributed by atoms with van der Waals surface area (Å²) < 4.78 is 0. The lowest BCUT2D eigenvalue weighted by Gasteiger charge is -2.33. The molecule has 0 aromatic heterocycles. The largest absolute Gasteiger partial charge is 0.399 e. The van der Waals surface area contributed by atoms with Gasteiger partial charge in [0.15, 0.2) is 0 Å². The second-order valence-corrected chi connectivity index (χ2v) is 6.70. The SMILES string of the molecule is CC(=O)N1CCN(C(=O)/C=C/c2cc[c]c([N+](=O)[O-])c2-c2cccc(N)c2)CC1. The van der Waals surface area contributed by atoms with Gasteiger partial charge >= 0.3 is 0 Å². The lowest BCUT2D eigenvalue weighted by Crippen LogP contribution is -2.49. The number of anilines is 1. The monoisotopic (exact) mass is 393 g/mol. The van der Waals surface area contributed by atoms with Crippen LogP contribution in [0.4, 0.5) is 11.4 Å². The zero-order chi connectivity index (χ0) is 21.0. The normalized spacial score (nSPS) is 14.2. The summed E-state index contributed by atoms with van der Waals surface area (Å²) in [5.74, 6) is -0.213. The zero-order valence-corrected chi connectivity index (χ0v) is 16.0. The number of rotatable bonds is 4. The number of nitrogen functional groups attached to an aromatic ring is 1. The highest BCUT2D eigenvalue weighted by molar-refractivity contribution is 5.94. The number of benzene rings is 2. The zero-order valence-electron chi connectivity index (χ0n) is 16.0. The van der Waals surface area contributed by atoms with Crippen molar-refractivity contribution in [3.05, 3.63) is 64.2 Å². The van der Waals surface area contributed by atoms with Crippen LogP contribution in [-0.4, -0.2) is 52.7 Å². The first-order chi connectivity index (χ1) is 13.9. The molecule has 1 saturated heterocycles. The predicted octanol–water partition coefficient (Wildman–Crippen LogP) is 2.35. The van der Waals surface area contributed by atoms with Gasteiger partial charge in [0.05, 0.1) is 16.6 Å². The van der Waals surface area contributed by atoms with Gasteiger partial charge in [-0.15, -0.1) is 0 Å². The summed E-state index contributed by atoms with van der Waals surface area (Å²) in [4.78, 5) is 38.3. The van der Waals surface area contributed by atoms with E-state index < -0.39 is 4.92 Å². The molecule has 8 nitrogen and oxygen atoms in total. The van der Waals surface area contributed by atoms with Crippen LogP contribution in [-0.2, 0) is 9.59 Å². The topological polar surface area (TPSA) is 110 Å². The molecule has 149 valence electrons. The van der Waals surface area contributed by atoms with E-state index in [4.69, 9.17) is 5.73 Å². The molecule has 0 aliphatic carbocycles. The Morgan fingerprint density at radius 3 is 2.48 bits per heavy atom. The molecule has 1 heterocycles. The summed E-state index contributed by atoms with van der Waals surface area (Å²) in [7, 11) is 0. The van der Waals surface area contributed by atoms with Crippen LogP contribution in [0.1, 0.15) is 12.5 Å². The fourth-order valence-electron chi connectivity index (χ4n) is 3.29. The molecule has 1 aliphatic rings. The summed E-state index contributed by atoms with van der Waals surface area (Å²) in [5.41, 5.74) is 7.60. The third-order valence-electron chi connectivity index (χ3n) is 4.81. The standard InChI is InChI=1S/C21H21N4O4/c1-15(26)23-10-12-24(13-11-23)20(27)9-8-16-4-3-7-19(25(28)29)21(16)17-5-2-6-18(22)14-17/h2-6,8-9,14H,10-13,22H2,1H3/b9-8+. The number of amides is 2. The van der Waals surface area contributed by atoms with E-state index in [1.165, 1.54) is 19.1 Å². The molecule has 0 atom stereocenters. The molecule has 3 rings (SSSR count). The molecule has 29 heavy (non-hydrogen) atoms. The van der Waals surface area contributed by atoms with Gasteiger partial charge in [-0.05, 0) is 35.4 Å². The summed E-state index contributed by atoms with van der Waals surface area (Å²) in [5, 5.41) is 11.5. The second-order valence-electron chi connectivity index (χ2n) is 6.70. The van der Waals surface area contributed by atoms with Crippen LogP contribution >= 0.6 is 0 Å². The number of carbonyl (C=O) groups excluding carboxylic acids is 2. The Balaban J connectivity index is 1.87. The van der Waals surface area contributed by atoms with Gasteiger partial charge in [0.2, 0.25) is 11.8 Å². The van der Waals surface area contributed by atoms with Crippen molar-refractivity contribution in [2.45, 2.75) is 6.92 Å². The minimum absolute atomic E-state index is 0.00716. The van der Waals surface area contributed by atoms with Crippen molar-refractivity contribution < 1.29 is 14.5 Å².